The van der Waals surface area contributed by atoms with Crippen molar-refractivity contribution in [2.24, 2.45) is 23.5 Å². The third-order valence-corrected chi connectivity index (χ3v) is 5.99. The molecule has 0 aromatic heterocycles. The van der Waals surface area contributed by atoms with Gasteiger partial charge in [0.05, 0.1) is 0 Å². The summed E-state index contributed by atoms with van der Waals surface area (Å²) in [7, 11) is 0. The molecule has 4 atom stereocenters. The minimum absolute atomic E-state index is 0.219. The maximum atomic E-state index is 6.23. The van der Waals surface area contributed by atoms with E-state index in [1.54, 1.807) is 0 Å². The van der Waals surface area contributed by atoms with Crippen LogP contribution in [-0.2, 0) is 5.41 Å². The Balaban J connectivity index is 1.81. The van der Waals surface area contributed by atoms with Gasteiger partial charge in [-0.3, -0.25) is 0 Å². The summed E-state index contributed by atoms with van der Waals surface area (Å²) in [6.45, 7) is 3.11. The van der Waals surface area contributed by atoms with Gasteiger partial charge >= 0.3 is 0 Å². The van der Waals surface area contributed by atoms with Crippen LogP contribution in [0, 0.1) is 17.8 Å². The first-order valence-electron chi connectivity index (χ1n) is 8.03. The van der Waals surface area contributed by atoms with Gasteiger partial charge in [0.1, 0.15) is 0 Å². The quantitative estimate of drug-likeness (QED) is 0.843. The smallest absolute Gasteiger partial charge is 0.00756 e. The second-order valence-electron chi connectivity index (χ2n) is 6.84. The van der Waals surface area contributed by atoms with Crippen LogP contribution in [0.4, 0.5) is 0 Å². The van der Waals surface area contributed by atoms with Crippen LogP contribution >= 0.6 is 0 Å². The summed E-state index contributed by atoms with van der Waals surface area (Å²) < 4.78 is 0. The molecule has 2 aliphatic carbocycles. The molecule has 2 aliphatic rings. The zero-order valence-corrected chi connectivity index (χ0v) is 12.1. The predicted molar refractivity (Wildman–Crippen MR) is 81.0 cm³/mol. The topological polar surface area (TPSA) is 26.0 Å². The first kappa shape index (κ1) is 13.2. The number of fused-ring (bicyclic) bond motifs is 2. The van der Waals surface area contributed by atoms with Crippen molar-refractivity contribution in [3.63, 3.8) is 0 Å². The standard InChI is InChI=1S/C18H27N/c1-2-18(13-19,17-6-4-3-5-7-17)12-16-11-14-8-9-15(16)10-14/h3-7,14-16H,2,8-13,19H2,1H3. The molecule has 19 heavy (non-hydrogen) atoms. The molecule has 1 aromatic carbocycles. The van der Waals surface area contributed by atoms with Crippen molar-refractivity contribution in [1.82, 2.24) is 0 Å². The Kier molecular flexibility index (Phi) is 3.66. The van der Waals surface area contributed by atoms with Gasteiger partial charge < -0.3 is 5.73 Å². The van der Waals surface area contributed by atoms with Gasteiger partial charge in [0.2, 0.25) is 0 Å². The summed E-state index contributed by atoms with van der Waals surface area (Å²) in [6.07, 6.45) is 8.43. The molecule has 2 bridgehead atoms. The molecule has 3 rings (SSSR count). The van der Waals surface area contributed by atoms with E-state index in [2.05, 4.69) is 37.3 Å². The van der Waals surface area contributed by atoms with Crippen LogP contribution in [0.15, 0.2) is 30.3 Å². The van der Waals surface area contributed by atoms with Crippen LogP contribution < -0.4 is 5.73 Å². The largest absolute Gasteiger partial charge is 0.330 e. The molecule has 104 valence electrons. The van der Waals surface area contributed by atoms with Gasteiger partial charge in [0.15, 0.2) is 0 Å². The van der Waals surface area contributed by atoms with Gasteiger partial charge in [0, 0.05) is 12.0 Å². The fourth-order valence-corrected chi connectivity index (χ4v) is 4.73. The Bertz CT molecular complexity index is 407. The van der Waals surface area contributed by atoms with E-state index < -0.39 is 0 Å². The van der Waals surface area contributed by atoms with Crippen molar-refractivity contribution in [1.29, 1.82) is 0 Å². The van der Waals surface area contributed by atoms with Gasteiger partial charge in [-0.15, -0.1) is 0 Å². The molecule has 1 aromatic rings. The maximum Gasteiger partial charge on any atom is 0.00756 e. The highest BCUT2D eigenvalue weighted by Gasteiger charge is 2.43. The summed E-state index contributed by atoms with van der Waals surface area (Å²) >= 11 is 0. The SMILES string of the molecule is CCC(CN)(CC1CC2CCC1C2)c1ccccc1. The van der Waals surface area contributed by atoms with Crippen molar-refractivity contribution >= 4 is 0 Å². The van der Waals surface area contributed by atoms with Gasteiger partial charge in [0.25, 0.3) is 0 Å². The van der Waals surface area contributed by atoms with Crippen LogP contribution in [0.1, 0.15) is 51.0 Å². The predicted octanol–water partition coefficient (Wildman–Crippen LogP) is 4.12. The summed E-state index contributed by atoms with van der Waals surface area (Å²) in [5, 5.41) is 0. The highest BCUT2D eigenvalue weighted by Crippen LogP contribution is 2.52. The second-order valence-corrected chi connectivity index (χ2v) is 6.84. The normalized spacial score (nSPS) is 32.4. The summed E-state index contributed by atoms with van der Waals surface area (Å²) in [4.78, 5) is 0. The summed E-state index contributed by atoms with van der Waals surface area (Å²) in [6, 6.07) is 11.0. The van der Waals surface area contributed by atoms with Crippen LogP contribution in [-0.4, -0.2) is 6.54 Å². The van der Waals surface area contributed by atoms with Gasteiger partial charge in [-0.2, -0.15) is 0 Å². The molecular weight excluding hydrogens is 230 g/mol. The molecule has 1 nitrogen and oxygen atoms in total. The molecule has 1 heteroatoms. The second kappa shape index (κ2) is 5.28. The average molecular weight is 257 g/mol. The minimum atomic E-state index is 0.219. The van der Waals surface area contributed by atoms with Crippen LogP contribution in [0.2, 0.25) is 0 Å². The lowest BCUT2D eigenvalue weighted by Crippen LogP contribution is -2.37. The Morgan fingerprint density at radius 1 is 1.16 bits per heavy atom. The van der Waals surface area contributed by atoms with Crippen molar-refractivity contribution in [3.8, 4) is 0 Å². The Hall–Kier alpha value is -0.820. The third kappa shape index (κ3) is 2.33. The number of hydrogen-bond donors (Lipinski definition) is 1. The fraction of sp³-hybridized carbons (Fsp3) is 0.667. The molecule has 0 radical (unpaired) electrons. The Morgan fingerprint density at radius 2 is 1.95 bits per heavy atom. The van der Waals surface area contributed by atoms with Crippen LogP contribution in [0.3, 0.4) is 0 Å². The zero-order chi connectivity index (χ0) is 13.3. The van der Waals surface area contributed by atoms with E-state index in [4.69, 9.17) is 5.73 Å². The third-order valence-electron chi connectivity index (χ3n) is 5.99. The van der Waals surface area contributed by atoms with E-state index >= 15 is 0 Å². The molecule has 0 saturated heterocycles. The minimum Gasteiger partial charge on any atom is -0.330 e. The van der Waals surface area contributed by atoms with Gasteiger partial charge in [-0.05, 0) is 55.4 Å². The number of hydrogen-bond acceptors (Lipinski definition) is 1. The van der Waals surface area contributed by atoms with E-state index in [1.165, 1.54) is 44.1 Å². The molecule has 2 fully saturated rings. The lowest BCUT2D eigenvalue weighted by atomic mass is 9.69. The molecule has 0 amide bonds. The van der Waals surface area contributed by atoms with E-state index in [0.29, 0.717) is 0 Å². The molecule has 0 heterocycles. The molecule has 2 saturated carbocycles. The fourth-order valence-electron chi connectivity index (χ4n) is 4.73. The van der Waals surface area contributed by atoms with Gasteiger partial charge in [-0.25, -0.2) is 0 Å². The van der Waals surface area contributed by atoms with Crippen molar-refractivity contribution in [3.05, 3.63) is 35.9 Å². The van der Waals surface area contributed by atoms with E-state index in [1.807, 2.05) is 0 Å². The highest BCUT2D eigenvalue weighted by atomic mass is 14.6. The molecule has 4 unspecified atom stereocenters. The number of benzene rings is 1. The highest BCUT2D eigenvalue weighted by molar-refractivity contribution is 5.26. The van der Waals surface area contributed by atoms with Crippen molar-refractivity contribution < 1.29 is 0 Å². The van der Waals surface area contributed by atoms with Crippen LogP contribution in [0.25, 0.3) is 0 Å². The Labute approximate surface area is 117 Å². The lowest BCUT2D eigenvalue weighted by Gasteiger charge is -2.37. The van der Waals surface area contributed by atoms with Crippen molar-refractivity contribution in [2.45, 2.75) is 50.9 Å². The lowest BCUT2D eigenvalue weighted by molar-refractivity contribution is 0.236. The van der Waals surface area contributed by atoms with Crippen LogP contribution in [0.5, 0.6) is 0 Å². The first-order chi connectivity index (χ1) is 9.27. The molecule has 0 spiro atoms. The van der Waals surface area contributed by atoms with Gasteiger partial charge in [-0.1, -0.05) is 43.7 Å². The van der Waals surface area contributed by atoms with Crippen molar-refractivity contribution in [2.75, 3.05) is 6.54 Å². The number of nitrogens with two attached hydrogens (primary N) is 1. The summed E-state index contributed by atoms with van der Waals surface area (Å²) in [5.41, 5.74) is 7.91. The molecular formula is C18H27N. The van der Waals surface area contributed by atoms with E-state index in [9.17, 15) is 0 Å². The Morgan fingerprint density at radius 3 is 2.47 bits per heavy atom. The summed E-state index contributed by atoms with van der Waals surface area (Å²) in [5.74, 6) is 2.98. The average Bonchev–Trinajstić information content (AvgIpc) is 3.08. The van der Waals surface area contributed by atoms with E-state index in [0.717, 1.165) is 24.3 Å². The number of rotatable bonds is 5. The maximum absolute atomic E-state index is 6.23. The monoisotopic (exact) mass is 257 g/mol. The van der Waals surface area contributed by atoms with E-state index in [-0.39, 0.29) is 5.41 Å². The molecule has 0 aliphatic heterocycles. The first-order valence-corrected chi connectivity index (χ1v) is 8.03. The zero-order valence-electron chi connectivity index (χ0n) is 12.1. The molecule has 2 N–H and O–H groups in total.